The van der Waals surface area contributed by atoms with Gasteiger partial charge in [0.05, 0.1) is 70.0 Å². The van der Waals surface area contributed by atoms with Crippen LogP contribution in [0.5, 0.6) is 0 Å². The van der Waals surface area contributed by atoms with Crippen molar-refractivity contribution in [1.82, 2.24) is 63.1 Å². The smallest absolute Gasteiger partial charge is 0.243 e. The van der Waals surface area contributed by atoms with E-state index in [0.717, 1.165) is 4.90 Å². The van der Waals surface area contributed by atoms with E-state index in [2.05, 4.69) is 58.2 Å². The van der Waals surface area contributed by atoms with E-state index in [9.17, 15) is 57.5 Å². The molecule has 304 valence electrons. The Morgan fingerprint density at radius 2 is 1.09 bits per heavy atom. The van der Waals surface area contributed by atoms with E-state index in [-0.39, 0.29) is 19.4 Å². The van der Waals surface area contributed by atoms with Crippen LogP contribution in [0.3, 0.4) is 0 Å². The largest absolute Gasteiger partial charge is 0.368 e. The molecule has 0 saturated carbocycles. The van der Waals surface area contributed by atoms with Gasteiger partial charge in [0, 0.05) is 18.3 Å². The quantitative estimate of drug-likeness (QED) is 0.135. The number of nitrogens with two attached hydrogens (primary N) is 1. The van der Waals surface area contributed by atoms with Crippen molar-refractivity contribution < 1.29 is 57.5 Å². The summed E-state index contributed by atoms with van der Waals surface area (Å²) >= 11 is 1.22. The van der Waals surface area contributed by atoms with Crippen LogP contribution in [-0.2, 0) is 64.0 Å². The number of carbonyl (C=O) groups is 12. The summed E-state index contributed by atoms with van der Waals surface area (Å²) in [5.41, 5.74) is 7.19. The lowest BCUT2D eigenvalue weighted by atomic mass is 10.0. The minimum absolute atomic E-state index is 0.100. The fourth-order valence-corrected chi connectivity index (χ4v) is 5.32. The number of carbonyl (C=O) groups excluding carboxylic acids is 12. The highest BCUT2D eigenvalue weighted by molar-refractivity contribution is 7.07. The van der Waals surface area contributed by atoms with Crippen molar-refractivity contribution in [2.24, 2.45) is 5.73 Å². The first-order chi connectivity index (χ1) is 26.6. The number of thiazole rings is 1. The maximum Gasteiger partial charge on any atom is 0.243 e. The molecule has 2 saturated heterocycles. The summed E-state index contributed by atoms with van der Waals surface area (Å²) in [6, 6.07) is -3.75. The summed E-state index contributed by atoms with van der Waals surface area (Å²) in [5.74, 6) is -9.89. The van der Waals surface area contributed by atoms with Crippen molar-refractivity contribution in [1.29, 1.82) is 0 Å². The van der Waals surface area contributed by atoms with E-state index in [1.165, 1.54) is 16.8 Å². The van der Waals surface area contributed by atoms with Crippen molar-refractivity contribution in [2.75, 3.05) is 58.9 Å². The van der Waals surface area contributed by atoms with Gasteiger partial charge in [0.15, 0.2) is 0 Å². The number of hydrogen-bond donors (Lipinski definition) is 11. The van der Waals surface area contributed by atoms with Crippen LogP contribution in [0.15, 0.2) is 10.9 Å². The van der Waals surface area contributed by atoms with Gasteiger partial charge in [-0.2, -0.15) is 0 Å². The van der Waals surface area contributed by atoms with Crippen molar-refractivity contribution in [3.63, 3.8) is 0 Å². The van der Waals surface area contributed by atoms with Crippen molar-refractivity contribution in [3.05, 3.63) is 16.6 Å². The molecule has 2 aliphatic rings. The van der Waals surface area contributed by atoms with Gasteiger partial charge in [-0.05, 0) is 6.42 Å². The van der Waals surface area contributed by atoms with E-state index in [1.54, 1.807) is 5.38 Å². The summed E-state index contributed by atoms with van der Waals surface area (Å²) in [7, 11) is 0. The van der Waals surface area contributed by atoms with Crippen molar-refractivity contribution in [3.8, 4) is 0 Å². The fraction of sp³-hybridized carbons (Fsp3) is 0.500. The minimum Gasteiger partial charge on any atom is -0.368 e. The molecular formula is C30H41N13O12S. The normalized spacial score (nSPS) is 23.0. The molecule has 0 spiro atoms. The first-order valence-electron chi connectivity index (χ1n) is 16.8. The lowest BCUT2D eigenvalue weighted by molar-refractivity contribution is -0.147. The van der Waals surface area contributed by atoms with Crippen LogP contribution in [0.25, 0.3) is 0 Å². The third-order valence-corrected chi connectivity index (χ3v) is 8.41. The number of aromatic nitrogens is 1. The molecule has 3 unspecified atom stereocenters. The number of nitrogens with zero attached hydrogens (tertiary/aromatic N) is 2. The Morgan fingerprint density at radius 1 is 0.625 bits per heavy atom. The second-order valence-electron chi connectivity index (χ2n) is 12.0. The summed E-state index contributed by atoms with van der Waals surface area (Å²) in [6.45, 7) is -4.67. The van der Waals surface area contributed by atoms with E-state index in [1.807, 2.05) is 0 Å². The maximum absolute atomic E-state index is 13.0. The van der Waals surface area contributed by atoms with Crippen molar-refractivity contribution >= 4 is 82.2 Å². The fourth-order valence-electron chi connectivity index (χ4n) is 4.74. The molecule has 2 fully saturated rings. The highest BCUT2D eigenvalue weighted by Crippen LogP contribution is 2.17. The van der Waals surface area contributed by atoms with Crippen LogP contribution in [0.2, 0.25) is 0 Å². The summed E-state index contributed by atoms with van der Waals surface area (Å²) < 4.78 is 0. The Bertz CT molecular complexity index is 1710. The zero-order valence-electron chi connectivity index (χ0n) is 29.7. The van der Waals surface area contributed by atoms with E-state index >= 15 is 0 Å². The monoisotopic (exact) mass is 807 g/mol. The van der Waals surface area contributed by atoms with E-state index < -0.39 is 148 Å². The molecule has 1 aromatic rings. The first-order valence-corrected chi connectivity index (χ1v) is 17.8. The second kappa shape index (κ2) is 21.8. The number of amides is 12. The van der Waals surface area contributed by atoms with Gasteiger partial charge in [0.25, 0.3) is 0 Å². The highest BCUT2D eigenvalue weighted by Gasteiger charge is 2.37. The van der Waals surface area contributed by atoms with Crippen LogP contribution >= 0.6 is 11.3 Å². The van der Waals surface area contributed by atoms with Gasteiger partial charge in [-0.1, -0.05) is 0 Å². The molecule has 56 heavy (non-hydrogen) atoms. The van der Waals surface area contributed by atoms with Crippen LogP contribution < -0.4 is 58.9 Å². The zero-order chi connectivity index (χ0) is 41.2. The molecular weight excluding hydrogens is 766 g/mol. The summed E-state index contributed by atoms with van der Waals surface area (Å²) in [4.78, 5) is 154. The number of rotatable bonds is 3. The lowest BCUT2D eigenvalue weighted by Crippen LogP contribution is -2.60. The maximum atomic E-state index is 13.0. The molecule has 2 aliphatic heterocycles. The Labute approximate surface area is 321 Å². The zero-order valence-corrected chi connectivity index (χ0v) is 30.5. The van der Waals surface area contributed by atoms with Gasteiger partial charge >= 0.3 is 0 Å². The third-order valence-electron chi connectivity index (χ3n) is 7.77. The summed E-state index contributed by atoms with van der Waals surface area (Å²) in [6.07, 6.45) is -0.524. The summed E-state index contributed by atoms with van der Waals surface area (Å²) in [5, 5.41) is 24.2. The van der Waals surface area contributed by atoms with Gasteiger partial charge in [-0.3, -0.25) is 57.5 Å². The molecule has 3 atom stereocenters. The molecule has 0 aromatic carbocycles. The van der Waals surface area contributed by atoms with Gasteiger partial charge < -0.3 is 63.8 Å². The Kier molecular flexibility index (Phi) is 17.0. The molecule has 12 N–H and O–H groups in total. The molecule has 26 heteroatoms. The van der Waals surface area contributed by atoms with E-state index in [0.29, 0.717) is 5.69 Å². The predicted molar refractivity (Wildman–Crippen MR) is 188 cm³/mol. The molecule has 12 amide bonds. The average Bonchev–Trinajstić information content (AvgIpc) is 3.66. The van der Waals surface area contributed by atoms with Crippen LogP contribution in [0.1, 0.15) is 18.5 Å². The standard InChI is InChI=1S/C30H41N13O12S/c31-28(53)16-4-19(44)32-5-20(45)33-7-22(47)37-12-27(52)43-2-1-18(43)30(55)39-9-24(49)34-6-21(46)35-11-26(51)42-17(3-15-13-56-14-40-15)29(54)38-8-23(48)36-10-25(50)41-16/h13-14,16-18H,1-12H2,(H2,31,53)(H,32,44)(H,33,45)(H,34,49)(H,35,46)(H,36,48)(H,37,47)(H,38,54)(H,39,55)(H,41,50)(H,42,51). The molecule has 3 heterocycles. The molecule has 3 rings (SSSR count). The first kappa shape index (κ1) is 43.7. The van der Waals surface area contributed by atoms with Crippen LogP contribution in [-0.4, -0.2) is 158 Å². The van der Waals surface area contributed by atoms with Gasteiger partial charge in [-0.25, -0.2) is 4.98 Å². The molecule has 0 bridgehead atoms. The average molecular weight is 808 g/mol. The van der Waals surface area contributed by atoms with Crippen LogP contribution in [0.4, 0.5) is 0 Å². The predicted octanol–water partition coefficient (Wildman–Crippen LogP) is -8.93. The Hall–Kier alpha value is -6.73. The number of hydrogen-bond acceptors (Lipinski definition) is 14. The van der Waals surface area contributed by atoms with Gasteiger partial charge in [0.2, 0.25) is 70.9 Å². The van der Waals surface area contributed by atoms with Gasteiger partial charge in [0.1, 0.15) is 18.1 Å². The molecule has 0 aliphatic carbocycles. The Morgan fingerprint density at radius 3 is 1.57 bits per heavy atom. The molecule has 1 aromatic heterocycles. The topological polar surface area (TPSA) is 367 Å². The second-order valence-corrected chi connectivity index (χ2v) is 12.7. The highest BCUT2D eigenvalue weighted by atomic mass is 32.1. The number of nitrogens with one attached hydrogen (secondary N) is 10. The molecule has 0 radical (unpaired) electrons. The van der Waals surface area contributed by atoms with Crippen molar-refractivity contribution in [2.45, 2.75) is 37.4 Å². The number of fused-ring (bicyclic) bond motifs is 1. The van der Waals surface area contributed by atoms with Crippen LogP contribution in [0, 0.1) is 0 Å². The Balaban J connectivity index is 1.63. The number of primary amides is 1. The minimum atomic E-state index is -1.55. The van der Waals surface area contributed by atoms with Gasteiger partial charge in [-0.15, -0.1) is 11.3 Å². The van der Waals surface area contributed by atoms with E-state index in [4.69, 9.17) is 5.73 Å². The third kappa shape index (κ3) is 15.3. The lowest BCUT2D eigenvalue weighted by Gasteiger charge is -2.39. The SMILES string of the molecule is NC(=O)C1CC(=O)NCC(=O)NCC(=O)NCC(=O)N2CCC2C(=O)NCC(=O)NCC(=O)NCC(=O)NC(Cc2cscn2)C(=O)NCC(=O)NCC(=O)N1. The molecule has 25 nitrogen and oxygen atoms in total.